The van der Waals surface area contributed by atoms with E-state index >= 15 is 0 Å². The number of benzene rings is 1. The monoisotopic (exact) mass is 282 g/mol. The molecule has 1 saturated heterocycles. The SMILES string of the molecule is Cc1ccc(C)c(C(Br)C2CCC(C)O2)c1. The molecule has 0 aliphatic carbocycles. The maximum Gasteiger partial charge on any atom is 0.0745 e. The molecule has 0 saturated carbocycles. The van der Waals surface area contributed by atoms with Gasteiger partial charge in [-0.15, -0.1) is 0 Å². The predicted octanol–water partition coefficient (Wildman–Crippen LogP) is 4.31. The van der Waals surface area contributed by atoms with E-state index in [2.05, 4.69) is 54.9 Å². The zero-order valence-electron chi connectivity index (χ0n) is 10.2. The van der Waals surface area contributed by atoms with Crippen LogP contribution in [0.5, 0.6) is 0 Å². The van der Waals surface area contributed by atoms with Crippen LogP contribution in [0, 0.1) is 13.8 Å². The summed E-state index contributed by atoms with van der Waals surface area (Å²) in [6, 6.07) is 6.62. The average molecular weight is 283 g/mol. The first kappa shape index (κ1) is 12.1. The van der Waals surface area contributed by atoms with Crippen LogP contribution in [0.3, 0.4) is 0 Å². The van der Waals surface area contributed by atoms with Gasteiger partial charge in [0.05, 0.1) is 17.0 Å². The number of hydrogen-bond acceptors (Lipinski definition) is 1. The van der Waals surface area contributed by atoms with Crippen LogP contribution >= 0.6 is 15.9 Å². The Balaban J connectivity index is 2.20. The average Bonchev–Trinajstić information content (AvgIpc) is 2.67. The van der Waals surface area contributed by atoms with E-state index in [0.717, 1.165) is 6.42 Å². The lowest BCUT2D eigenvalue weighted by molar-refractivity contribution is 0.0556. The fourth-order valence-corrected chi connectivity index (χ4v) is 3.19. The van der Waals surface area contributed by atoms with E-state index in [0.29, 0.717) is 17.0 Å². The van der Waals surface area contributed by atoms with E-state index in [4.69, 9.17) is 4.74 Å². The molecule has 2 heteroatoms. The Morgan fingerprint density at radius 2 is 2.06 bits per heavy atom. The lowest BCUT2D eigenvalue weighted by atomic mass is 9.99. The molecule has 1 aliphatic rings. The summed E-state index contributed by atoms with van der Waals surface area (Å²) in [7, 11) is 0. The van der Waals surface area contributed by atoms with Gasteiger partial charge in [-0.25, -0.2) is 0 Å². The third-order valence-electron chi connectivity index (χ3n) is 3.32. The first-order valence-electron chi connectivity index (χ1n) is 5.94. The molecule has 0 aromatic heterocycles. The normalized spacial score (nSPS) is 27.0. The van der Waals surface area contributed by atoms with Gasteiger partial charge in [-0.1, -0.05) is 39.7 Å². The van der Waals surface area contributed by atoms with Gasteiger partial charge in [0, 0.05) is 0 Å². The number of aryl methyl sites for hydroxylation is 2. The van der Waals surface area contributed by atoms with E-state index in [9.17, 15) is 0 Å². The third-order valence-corrected chi connectivity index (χ3v) is 4.41. The highest BCUT2D eigenvalue weighted by molar-refractivity contribution is 9.09. The van der Waals surface area contributed by atoms with Crippen molar-refractivity contribution in [3.63, 3.8) is 0 Å². The van der Waals surface area contributed by atoms with Crippen molar-refractivity contribution < 1.29 is 4.74 Å². The van der Waals surface area contributed by atoms with Crippen molar-refractivity contribution in [2.24, 2.45) is 0 Å². The number of rotatable bonds is 2. The van der Waals surface area contributed by atoms with Gasteiger partial charge < -0.3 is 4.74 Å². The van der Waals surface area contributed by atoms with Crippen LogP contribution in [0.2, 0.25) is 0 Å². The van der Waals surface area contributed by atoms with E-state index < -0.39 is 0 Å². The van der Waals surface area contributed by atoms with E-state index in [1.165, 1.54) is 23.1 Å². The Labute approximate surface area is 106 Å². The Hall–Kier alpha value is -0.340. The minimum absolute atomic E-state index is 0.329. The highest BCUT2D eigenvalue weighted by Gasteiger charge is 2.29. The molecule has 3 atom stereocenters. The zero-order chi connectivity index (χ0) is 11.7. The molecule has 1 aromatic carbocycles. The van der Waals surface area contributed by atoms with Gasteiger partial charge in [0.25, 0.3) is 0 Å². The molecule has 0 bridgehead atoms. The Morgan fingerprint density at radius 3 is 2.69 bits per heavy atom. The predicted molar refractivity (Wildman–Crippen MR) is 71.2 cm³/mol. The molecule has 88 valence electrons. The summed E-state index contributed by atoms with van der Waals surface area (Å²) >= 11 is 3.80. The molecule has 16 heavy (non-hydrogen) atoms. The Kier molecular flexibility index (Phi) is 3.70. The van der Waals surface area contributed by atoms with Crippen LogP contribution in [-0.2, 0) is 4.74 Å². The second-order valence-corrected chi connectivity index (χ2v) is 5.81. The number of halogens is 1. The van der Waals surface area contributed by atoms with Gasteiger partial charge in [-0.05, 0) is 44.7 Å². The van der Waals surface area contributed by atoms with E-state index in [1.54, 1.807) is 0 Å². The van der Waals surface area contributed by atoms with Crippen LogP contribution in [0.1, 0.15) is 41.3 Å². The van der Waals surface area contributed by atoms with Crippen molar-refractivity contribution in [2.75, 3.05) is 0 Å². The van der Waals surface area contributed by atoms with Crippen molar-refractivity contribution in [1.29, 1.82) is 0 Å². The van der Waals surface area contributed by atoms with Gasteiger partial charge >= 0.3 is 0 Å². The second-order valence-electron chi connectivity index (χ2n) is 4.82. The summed E-state index contributed by atoms with van der Waals surface area (Å²) < 4.78 is 5.93. The molecule has 1 aliphatic heterocycles. The van der Waals surface area contributed by atoms with Crippen molar-refractivity contribution in [3.8, 4) is 0 Å². The van der Waals surface area contributed by atoms with Gasteiger partial charge in [-0.2, -0.15) is 0 Å². The van der Waals surface area contributed by atoms with E-state index in [1.807, 2.05) is 0 Å². The van der Waals surface area contributed by atoms with Gasteiger partial charge in [0.2, 0.25) is 0 Å². The molecule has 1 aromatic rings. The largest absolute Gasteiger partial charge is 0.374 e. The van der Waals surface area contributed by atoms with Gasteiger partial charge in [-0.3, -0.25) is 0 Å². The highest BCUT2D eigenvalue weighted by atomic mass is 79.9. The van der Waals surface area contributed by atoms with Gasteiger partial charge in [0.15, 0.2) is 0 Å². The molecule has 0 spiro atoms. The molecule has 0 N–H and O–H groups in total. The second kappa shape index (κ2) is 4.89. The summed E-state index contributed by atoms with van der Waals surface area (Å²) in [5, 5.41) is 0. The van der Waals surface area contributed by atoms with E-state index in [-0.39, 0.29) is 0 Å². The first-order chi connectivity index (χ1) is 7.58. The molecular weight excluding hydrogens is 264 g/mol. The molecule has 0 amide bonds. The summed E-state index contributed by atoms with van der Waals surface area (Å²) in [6.45, 7) is 6.46. The van der Waals surface area contributed by atoms with Crippen LogP contribution in [-0.4, -0.2) is 12.2 Å². The molecule has 1 nitrogen and oxygen atoms in total. The molecular formula is C14H19BrO. The summed E-state index contributed by atoms with van der Waals surface area (Å²) in [5.41, 5.74) is 4.03. The minimum atomic E-state index is 0.329. The molecule has 1 fully saturated rings. The first-order valence-corrected chi connectivity index (χ1v) is 6.86. The number of hydrogen-bond donors (Lipinski definition) is 0. The third kappa shape index (κ3) is 2.49. The number of ether oxygens (including phenoxy) is 1. The Bertz CT molecular complexity index is 375. The number of alkyl halides is 1. The van der Waals surface area contributed by atoms with Crippen LogP contribution in [0.4, 0.5) is 0 Å². The van der Waals surface area contributed by atoms with Crippen molar-refractivity contribution >= 4 is 15.9 Å². The van der Waals surface area contributed by atoms with Gasteiger partial charge in [0.1, 0.15) is 0 Å². The summed E-state index contributed by atoms with van der Waals surface area (Å²) in [4.78, 5) is 0.331. The summed E-state index contributed by atoms with van der Waals surface area (Å²) in [5.74, 6) is 0. The molecule has 3 unspecified atom stereocenters. The fraction of sp³-hybridized carbons (Fsp3) is 0.571. The zero-order valence-corrected chi connectivity index (χ0v) is 11.8. The fourth-order valence-electron chi connectivity index (χ4n) is 2.31. The lowest BCUT2D eigenvalue weighted by Crippen LogP contribution is -2.15. The van der Waals surface area contributed by atoms with Crippen LogP contribution in [0.15, 0.2) is 18.2 Å². The van der Waals surface area contributed by atoms with Crippen molar-refractivity contribution in [3.05, 3.63) is 34.9 Å². The smallest absolute Gasteiger partial charge is 0.0745 e. The highest BCUT2D eigenvalue weighted by Crippen LogP contribution is 2.37. The minimum Gasteiger partial charge on any atom is -0.374 e. The van der Waals surface area contributed by atoms with Crippen LogP contribution < -0.4 is 0 Å². The van der Waals surface area contributed by atoms with Crippen LogP contribution in [0.25, 0.3) is 0 Å². The van der Waals surface area contributed by atoms with Crippen molar-refractivity contribution in [2.45, 2.75) is 50.6 Å². The molecule has 0 radical (unpaired) electrons. The topological polar surface area (TPSA) is 9.23 Å². The standard InChI is InChI=1S/C14H19BrO/c1-9-4-5-10(2)12(8-9)14(15)13-7-6-11(3)16-13/h4-5,8,11,13-14H,6-7H2,1-3H3. The maximum atomic E-state index is 5.93. The summed E-state index contributed by atoms with van der Waals surface area (Å²) in [6.07, 6.45) is 3.08. The Morgan fingerprint density at radius 1 is 1.31 bits per heavy atom. The van der Waals surface area contributed by atoms with Crippen molar-refractivity contribution in [1.82, 2.24) is 0 Å². The maximum absolute atomic E-state index is 5.93. The quantitative estimate of drug-likeness (QED) is 0.735. The molecule has 1 heterocycles. The lowest BCUT2D eigenvalue weighted by Gasteiger charge is -2.20. The molecule has 2 rings (SSSR count).